The molecule has 0 amide bonds. The Bertz CT molecular complexity index is 298. The molecule has 0 bridgehead atoms. The summed E-state index contributed by atoms with van der Waals surface area (Å²) >= 11 is 3.39. The molecule has 1 rings (SSSR count). The maximum atomic E-state index is 7.70. The number of halogens is 1. The van der Waals surface area contributed by atoms with Crippen LogP contribution < -0.4 is 5.32 Å². The molecule has 0 heterocycles. The summed E-state index contributed by atoms with van der Waals surface area (Å²) in [5, 5.41) is 10.6. The minimum Gasteiger partial charge on any atom is -0.393 e. The van der Waals surface area contributed by atoms with Gasteiger partial charge in [0.05, 0.1) is 5.71 Å². The van der Waals surface area contributed by atoms with Gasteiger partial charge in [-0.05, 0) is 24.6 Å². The number of allylic oxidation sites excluding steroid dienone is 5. The molecule has 12 heavy (non-hydrogen) atoms. The van der Waals surface area contributed by atoms with Crippen LogP contribution in [0.4, 0.5) is 0 Å². The van der Waals surface area contributed by atoms with E-state index < -0.39 is 0 Å². The summed E-state index contributed by atoms with van der Waals surface area (Å²) in [6, 6.07) is 0. The van der Waals surface area contributed by atoms with Crippen molar-refractivity contribution in [1.29, 1.82) is 5.41 Å². The second-order valence-corrected chi connectivity index (χ2v) is 3.54. The maximum absolute atomic E-state index is 7.70. The highest BCUT2D eigenvalue weighted by Gasteiger charge is 2.10. The Morgan fingerprint density at radius 1 is 1.50 bits per heavy atom. The van der Waals surface area contributed by atoms with Gasteiger partial charge in [0.1, 0.15) is 0 Å². The SMILES string of the molecule is CN/C=C1/C=C(Br)C=C(C)C1=N. The Balaban J connectivity index is 3.02. The third-order valence-corrected chi connectivity index (χ3v) is 2.09. The summed E-state index contributed by atoms with van der Waals surface area (Å²) < 4.78 is 1.01. The van der Waals surface area contributed by atoms with Crippen LogP contribution in [-0.2, 0) is 0 Å². The van der Waals surface area contributed by atoms with Crippen molar-refractivity contribution in [3.8, 4) is 0 Å². The quantitative estimate of drug-likeness (QED) is 0.708. The van der Waals surface area contributed by atoms with E-state index in [1.54, 1.807) is 0 Å². The van der Waals surface area contributed by atoms with E-state index in [0.717, 1.165) is 15.6 Å². The van der Waals surface area contributed by atoms with E-state index in [9.17, 15) is 0 Å². The lowest BCUT2D eigenvalue weighted by atomic mass is 10.00. The fourth-order valence-corrected chi connectivity index (χ4v) is 1.63. The van der Waals surface area contributed by atoms with Crippen molar-refractivity contribution in [1.82, 2.24) is 5.32 Å². The molecule has 0 atom stereocenters. The second kappa shape index (κ2) is 3.72. The Morgan fingerprint density at radius 3 is 2.75 bits per heavy atom. The van der Waals surface area contributed by atoms with Gasteiger partial charge in [-0.2, -0.15) is 0 Å². The van der Waals surface area contributed by atoms with E-state index in [-0.39, 0.29) is 0 Å². The van der Waals surface area contributed by atoms with Crippen molar-refractivity contribution in [2.75, 3.05) is 7.05 Å². The standard InChI is InChI=1S/C9H11BrN2/c1-6-3-8(10)4-7(5-12-2)9(6)11/h3-5,11-12H,1-2H3/b7-5-,11-9?. The molecule has 2 nitrogen and oxygen atoms in total. The van der Waals surface area contributed by atoms with Crippen LogP contribution in [0.3, 0.4) is 0 Å². The summed E-state index contributed by atoms with van der Waals surface area (Å²) in [6.07, 6.45) is 5.68. The minimum atomic E-state index is 0.576. The highest BCUT2D eigenvalue weighted by molar-refractivity contribution is 9.11. The molecule has 0 aromatic rings. The lowest BCUT2D eigenvalue weighted by molar-refractivity contribution is 1.09. The summed E-state index contributed by atoms with van der Waals surface area (Å²) in [7, 11) is 1.83. The first-order valence-electron chi connectivity index (χ1n) is 3.67. The highest BCUT2D eigenvalue weighted by Crippen LogP contribution is 2.21. The van der Waals surface area contributed by atoms with Crippen LogP contribution in [0.2, 0.25) is 0 Å². The first-order valence-corrected chi connectivity index (χ1v) is 4.46. The average Bonchev–Trinajstić information content (AvgIpc) is 2.00. The summed E-state index contributed by atoms with van der Waals surface area (Å²) in [4.78, 5) is 0. The molecular weight excluding hydrogens is 216 g/mol. The lowest BCUT2D eigenvalue weighted by Crippen LogP contribution is -2.08. The van der Waals surface area contributed by atoms with Gasteiger partial charge in [0.25, 0.3) is 0 Å². The Morgan fingerprint density at radius 2 is 2.17 bits per heavy atom. The van der Waals surface area contributed by atoms with E-state index >= 15 is 0 Å². The molecule has 1 aliphatic rings. The van der Waals surface area contributed by atoms with E-state index in [0.29, 0.717) is 5.71 Å². The Labute approximate surface area is 80.7 Å². The summed E-state index contributed by atoms with van der Waals surface area (Å²) in [6.45, 7) is 1.93. The van der Waals surface area contributed by atoms with Crippen LogP contribution in [0.15, 0.2) is 34.0 Å². The van der Waals surface area contributed by atoms with Gasteiger partial charge in [0.15, 0.2) is 0 Å². The molecule has 0 unspecified atom stereocenters. The Hall–Kier alpha value is -0.830. The molecule has 3 heteroatoms. The zero-order valence-electron chi connectivity index (χ0n) is 7.11. The van der Waals surface area contributed by atoms with Gasteiger partial charge >= 0.3 is 0 Å². The van der Waals surface area contributed by atoms with Crippen molar-refractivity contribution in [3.63, 3.8) is 0 Å². The van der Waals surface area contributed by atoms with Crippen LogP contribution in [-0.4, -0.2) is 12.8 Å². The third kappa shape index (κ3) is 1.85. The molecule has 0 aromatic heterocycles. The van der Waals surface area contributed by atoms with Crippen LogP contribution >= 0.6 is 15.9 Å². The maximum Gasteiger partial charge on any atom is 0.0656 e. The number of rotatable bonds is 1. The smallest absolute Gasteiger partial charge is 0.0656 e. The minimum absolute atomic E-state index is 0.576. The van der Waals surface area contributed by atoms with Gasteiger partial charge < -0.3 is 5.32 Å². The second-order valence-electron chi connectivity index (χ2n) is 2.62. The molecule has 0 aromatic carbocycles. The van der Waals surface area contributed by atoms with Gasteiger partial charge in [0, 0.05) is 23.3 Å². The number of hydrogen-bond donors (Lipinski definition) is 2. The van der Waals surface area contributed by atoms with Gasteiger partial charge in [-0.15, -0.1) is 0 Å². The van der Waals surface area contributed by atoms with Crippen molar-refractivity contribution in [2.45, 2.75) is 6.92 Å². The van der Waals surface area contributed by atoms with Crippen molar-refractivity contribution >= 4 is 21.6 Å². The molecule has 0 radical (unpaired) electrons. The first-order chi connectivity index (χ1) is 5.65. The lowest BCUT2D eigenvalue weighted by Gasteiger charge is -2.11. The van der Waals surface area contributed by atoms with E-state index in [1.807, 2.05) is 32.3 Å². The molecule has 2 N–H and O–H groups in total. The van der Waals surface area contributed by atoms with Crippen LogP contribution in [0, 0.1) is 5.41 Å². The molecule has 0 saturated carbocycles. The zero-order valence-corrected chi connectivity index (χ0v) is 8.70. The molecule has 0 saturated heterocycles. The van der Waals surface area contributed by atoms with Gasteiger partial charge in [-0.1, -0.05) is 15.9 Å². The molecule has 0 aliphatic heterocycles. The predicted molar refractivity (Wildman–Crippen MR) is 55.6 cm³/mol. The first kappa shape index (κ1) is 9.26. The largest absolute Gasteiger partial charge is 0.393 e. The highest BCUT2D eigenvalue weighted by atomic mass is 79.9. The van der Waals surface area contributed by atoms with Crippen LogP contribution in [0.25, 0.3) is 0 Å². The summed E-state index contributed by atoms with van der Waals surface area (Å²) in [5.74, 6) is 0. The fourth-order valence-electron chi connectivity index (χ4n) is 1.04. The monoisotopic (exact) mass is 226 g/mol. The van der Waals surface area contributed by atoms with Crippen molar-refractivity contribution in [2.24, 2.45) is 0 Å². The van der Waals surface area contributed by atoms with Gasteiger partial charge in [0.2, 0.25) is 0 Å². The molecule has 1 aliphatic carbocycles. The summed E-state index contributed by atoms with van der Waals surface area (Å²) in [5.41, 5.74) is 2.46. The third-order valence-electron chi connectivity index (χ3n) is 1.63. The van der Waals surface area contributed by atoms with Gasteiger partial charge in [-0.25, -0.2) is 0 Å². The van der Waals surface area contributed by atoms with Crippen molar-refractivity contribution in [3.05, 3.63) is 34.0 Å². The molecular formula is C9H11BrN2. The number of hydrogen-bond acceptors (Lipinski definition) is 2. The van der Waals surface area contributed by atoms with Crippen molar-refractivity contribution < 1.29 is 0 Å². The van der Waals surface area contributed by atoms with Crippen LogP contribution in [0.5, 0.6) is 0 Å². The normalized spacial score (nSPS) is 20.6. The number of nitrogens with one attached hydrogen (secondary N) is 2. The predicted octanol–water partition coefficient (Wildman–Crippen LogP) is 2.35. The van der Waals surface area contributed by atoms with Crippen LogP contribution in [0.1, 0.15) is 6.92 Å². The Kier molecular flexibility index (Phi) is 2.87. The van der Waals surface area contributed by atoms with E-state index in [4.69, 9.17) is 5.41 Å². The van der Waals surface area contributed by atoms with E-state index in [1.165, 1.54) is 0 Å². The average molecular weight is 227 g/mol. The molecule has 0 fully saturated rings. The zero-order chi connectivity index (χ0) is 9.14. The molecule has 64 valence electrons. The van der Waals surface area contributed by atoms with Gasteiger partial charge in [-0.3, -0.25) is 5.41 Å². The molecule has 0 spiro atoms. The fraction of sp³-hybridized carbons (Fsp3) is 0.222. The topological polar surface area (TPSA) is 35.9 Å². The van der Waals surface area contributed by atoms with E-state index in [2.05, 4.69) is 21.2 Å².